The summed E-state index contributed by atoms with van der Waals surface area (Å²) in [5.74, 6) is 0.958. The fourth-order valence-corrected chi connectivity index (χ4v) is 5.22. The molecule has 0 saturated carbocycles. The number of likely N-dealkylation sites (N-methyl/N-ethyl adjacent to an activating group) is 1. The molecule has 174 valence electrons. The number of fused-ring (bicyclic) bond motifs is 1. The number of nitrogens with zero attached hydrogens (tertiary/aromatic N) is 2. The number of aryl methyl sites for hydroxylation is 2. The maximum atomic E-state index is 13.4. The van der Waals surface area contributed by atoms with Gasteiger partial charge in [0.15, 0.2) is 0 Å². The normalized spacial score (nSPS) is 16.7. The second kappa shape index (κ2) is 11.6. The van der Waals surface area contributed by atoms with E-state index < -0.39 is 6.10 Å². The first-order valence-electron chi connectivity index (χ1n) is 11.5. The van der Waals surface area contributed by atoms with Crippen molar-refractivity contribution in [3.8, 4) is 5.75 Å². The molecule has 2 atom stereocenters. The van der Waals surface area contributed by atoms with E-state index in [2.05, 4.69) is 44.0 Å². The van der Waals surface area contributed by atoms with Crippen molar-refractivity contribution in [3.63, 3.8) is 0 Å². The largest absolute Gasteiger partial charge is 0.491 e. The van der Waals surface area contributed by atoms with E-state index >= 15 is 0 Å². The summed E-state index contributed by atoms with van der Waals surface area (Å²) in [4.78, 5) is 18.7. The van der Waals surface area contributed by atoms with Crippen LogP contribution in [-0.4, -0.2) is 59.7 Å². The van der Waals surface area contributed by atoms with Gasteiger partial charge in [0.25, 0.3) is 0 Å². The number of rotatable bonds is 11. The van der Waals surface area contributed by atoms with Gasteiger partial charge in [0.2, 0.25) is 5.91 Å². The molecule has 1 aliphatic rings. The van der Waals surface area contributed by atoms with Gasteiger partial charge in [-0.1, -0.05) is 30.7 Å². The topological polar surface area (TPSA) is 53.0 Å². The van der Waals surface area contributed by atoms with Gasteiger partial charge in [0.1, 0.15) is 12.4 Å². The van der Waals surface area contributed by atoms with Crippen molar-refractivity contribution < 1.29 is 14.6 Å². The molecule has 5 nitrogen and oxygen atoms in total. The molecule has 1 aromatic carbocycles. The molecular weight excluding hydrogens is 420 g/mol. The van der Waals surface area contributed by atoms with Crippen LogP contribution in [-0.2, 0) is 11.2 Å². The molecule has 32 heavy (non-hydrogen) atoms. The van der Waals surface area contributed by atoms with Crippen LogP contribution in [0.5, 0.6) is 5.75 Å². The number of thiophene rings is 1. The molecular formula is C26H36N2O3S. The number of hydrogen-bond acceptors (Lipinski definition) is 5. The Morgan fingerprint density at radius 1 is 1.41 bits per heavy atom. The monoisotopic (exact) mass is 456 g/mol. The average molecular weight is 457 g/mol. The zero-order chi connectivity index (χ0) is 23.1. The molecule has 0 bridgehead atoms. The van der Waals surface area contributed by atoms with Gasteiger partial charge in [-0.2, -0.15) is 0 Å². The lowest BCUT2D eigenvalue weighted by atomic mass is 10.00. The molecule has 0 radical (unpaired) electrons. The summed E-state index contributed by atoms with van der Waals surface area (Å²) in [6.07, 6.45) is 3.69. The molecule has 2 aromatic rings. The van der Waals surface area contributed by atoms with E-state index in [0.29, 0.717) is 32.7 Å². The Kier molecular flexibility index (Phi) is 8.91. The van der Waals surface area contributed by atoms with Gasteiger partial charge < -0.3 is 14.7 Å². The number of aliphatic hydroxyl groups excluding tert-OH is 1. The molecule has 0 unspecified atom stereocenters. The smallest absolute Gasteiger partial charge is 0.237 e. The second-order valence-electron chi connectivity index (χ2n) is 8.58. The quantitative estimate of drug-likeness (QED) is 0.505. The van der Waals surface area contributed by atoms with Gasteiger partial charge in [0, 0.05) is 18.0 Å². The van der Waals surface area contributed by atoms with Crippen LogP contribution in [0.15, 0.2) is 42.3 Å². The third kappa shape index (κ3) is 6.21. The minimum absolute atomic E-state index is 0.0915. The Balaban J connectivity index is 1.70. The third-order valence-electron chi connectivity index (χ3n) is 6.12. The van der Waals surface area contributed by atoms with E-state index in [1.807, 2.05) is 28.9 Å². The summed E-state index contributed by atoms with van der Waals surface area (Å²) < 4.78 is 6.23. The summed E-state index contributed by atoms with van der Waals surface area (Å²) in [6.45, 7) is 12.5. The molecule has 1 amide bonds. The van der Waals surface area contributed by atoms with E-state index in [9.17, 15) is 9.90 Å². The van der Waals surface area contributed by atoms with Crippen LogP contribution in [0, 0.1) is 13.8 Å². The number of benzene rings is 1. The summed E-state index contributed by atoms with van der Waals surface area (Å²) in [5.41, 5.74) is 3.52. The van der Waals surface area contributed by atoms with E-state index in [0.717, 1.165) is 30.7 Å². The Morgan fingerprint density at radius 2 is 2.22 bits per heavy atom. The molecule has 2 heterocycles. The van der Waals surface area contributed by atoms with Crippen molar-refractivity contribution >= 4 is 17.2 Å². The fourth-order valence-electron chi connectivity index (χ4n) is 4.29. The molecule has 0 aliphatic carbocycles. The lowest BCUT2D eigenvalue weighted by Gasteiger charge is -2.37. The molecule has 1 aromatic heterocycles. The van der Waals surface area contributed by atoms with Gasteiger partial charge in [0.05, 0.1) is 18.7 Å². The predicted octanol–water partition coefficient (Wildman–Crippen LogP) is 4.52. The first kappa shape index (κ1) is 24.5. The van der Waals surface area contributed by atoms with E-state index in [1.165, 1.54) is 16.0 Å². The molecule has 6 heteroatoms. The van der Waals surface area contributed by atoms with Crippen molar-refractivity contribution in [2.75, 3.05) is 32.8 Å². The number of ether oxygens (including phenoxy) is 1. The Morgan fingerprint density at radius 3 is 2.94 bits per heavy atom. The lowest BCUT2D eigenvalue weighted by molar-refractivity contribution is -0.136. The SMILES string of the molecule is C=CCC[C@@H](O)CN(CC)CC(=O)N1CCc2sccc2[C@H]1COc1ccc(C)cc1C. The highest BCUT2D eigenvalue weighted by Gasteiger charge is 2.33. The first-order valence-corrected chi connectivity index (χ1v) is 12.4. The van der Waals surface area contributed by atoms with E-state index in [-0.39, 0.29) is 11.9 Å². The summed E-state index contributed by atoms with van der Waals surface area (Å²) in [7, 11) is 0. The maximum absolute atomic E-state index is 13.4. The van der Waals surface area contributed by atoms with Gasteiger partial charge >= 0.3 is 0 Å². The van der Waals surface area contributed by atoms with Crippen LogP contribution in [0.25, 0.3) is 0 Å². The average Bonchev–Trinajstić information content (AvgIpc) is 3.25. The molecule has 0 saturated heterocycles. The predicted molar refractivity (Wildman–Crippen MR) is 131 cm³/mol. The Labute approximate surface area is 196 Å². The van der Waals surface area contributed by atoms with Gasteiger partial charge in [-0.15, -0.1) is 17.9 Å². The molecule has 1 N–H and O–H groups in total. The van der Waals surface area contributed by atoms with Crippen molar-refractivity contribution in [2.45, 2.75) is 52.2 Å². The van der Waals surface area contributed by atoms with Crippen LogP contribution in [0.2, 0.25) is 0 Å². The first-order chi connectivity index (χ1) is 15.4. The Bertz CT molecular complexity index is 910. The number of aliphatic hydroxyl groups is 1. The highest BCUT2D eigenvalue weighted by molar-refractivity contribution is 7.10. The number of allylic oxidation sites excluding steroid dienone is 1. The maximum Gasteiger partial charge on any atom is 0.237 e. The van der Waals surface area contributed by atoms with Crippen LogP contribution in [0.1, 0.15) is 47.4 Å². The van der Waals surface area contributed by atoms with Gasteiger partial charge in [-0.25, -0.2) is 0 Å². The standard InChI is InChI=1S/C26H36N2O3S/c1-5-7-8-21(29)16-27(6-2)17-26(30)28-13-11-25-22(12-14-32-25)23(28)18-31-24-10-9-19(3)15-20(24)4/h5,9-10,12,14-15,21,23,29H,1,6-8,11,13,16-18H2,2-4H3/t21-,23-/m1/s1. The lowest BCUT2D eigenvalue weighted by Crippen LogP contribution is -2.47. The zero-order valence-electron chi connectivity index (χ0n) is 19.5. The number of hydrogen-bond donors (Lipinski definition) is 1. The second-order valence-corrected chi connectivity index (χ2v) is 9.58. The summed E-state index contributed by atoms with van der Waals surface area (Å²) in [5, 5.41) is 12.4. The van der Waals surface area contributed by atoms with Crippen molar-refractivity contribution in [1.29, 1.82) is 0 Å². The third-order valence-corrected chi connectivity index (χ3v) is 7.12. The summed E-state index contributed by atoms with van der Waals surface area (Å²) in [6, 6.07) is 8.22. The van der Waals surface area contributed by atoms with E-state index in [4.69, 9.17) is 4.74 Å². The minimum atomic E-state index is -0.450. The van der Waals surface area contributed by atoms with Crippen LogP contribution >= 0.6 is 11.3 Å². The molecule has 1 aliphatic heterocycles. The molecule has 0 fully saturated rings. The fraction of sp³-hybridized carbons (Fsp3) is 0.500. The van der Waals surface area contributed by atoms with Gasteiger partial charge in [-0.3, -0.25) is 9.69 Å². The highest BCUT2D eigenvalue weighted by atomic mass is 32.1. The van der Waals surface area contributed by atoms with Crippen LogP contribution < -0.4 is 4.74 Å². The van der Waals surface area contributed by atoms with E-state index in [1.54, 1.807) is 11.3 Å². The zero-order valence-corrected chi connectivity index (χ0v) is 20.4. The molecule has 3 rings (SSSR count). The van der Waals surface area contributed by atoms with Crippen molar-refractivity contribution in [2.24, 2.45) is 0 Å². The number of amides is 1. The number of carbonyl (C=O) groups excluding carboxylic acids is 1. The van der Waals surface area contributed by atoms with Crippen molar-refractivity contribution in [3.05, 3.63) is 63.9 Å². The summed E-state index contributed by atoms with van der Waals surface area (Å²) >= 11 is 1.76. The van der Waals surface area contributed by atoms with Gasteiger partial charge in [-0.05, 0) is 68.3 Å². The van der Waals surface area contributed by atoms with Crippen LogP contribution in [0.4, 0.5) is 0 Å². The van der Waals surface area contributed by atoms with Crippen molar-refractivity contribution in [1.82, 2.24) is 9.80 Å². The molecule has 0 spiro atoms. The highest BCUT2D eigenvalue weighted by Crippen LogP contribution is 2.34. The Hall–Kier alpha value is -2.15. The van der Waals surface area contributed by atoms with Crippen LogP contribution in [0.3, 0.4) is 0 Å². The number of carbonyl (C=O) groups is 1. The minimum Gasteiger partial charge on any atom is -0.491 e.